The highest BCUT2D eigenvalue weighted by Gasteiger charge is 2.20. The molecule has 0 aliphatic carbocycles. The van der Waals surface area contributed by atoms with Crippen molar-refractivity contribution in [2.24, 2.45) is 0 Å². The Morgan fingerprint density at radius 2 is 1.14 bits per heavy atom. The highest BCUT2D eigenvalue weighted by Crippen LogP contribution is 2.19. The lowest BCUT2D eigenvalue weighted by Gasteiger charge is -2.17. The first-order valence-corrected chi connectivity index (χ1v) is 6.96. The van der Waals surface area contributed by atoms with Gasteiger partial charge in [-0.2, -0.15) is 0 Å². The Morgan fingerprint density at radius 3 is 1.57 bits per heavy atom. The molecule has 2 aromatic carbocycles. The van der Waals surface area contributed by atoms with E-state index in [1.54, 1.807) is 0 Å². The molecule has 1 heterocycles. The first kappa shape index (κ1) is 13.5. The molecule has 0 spiro atoms. The molecule has 21 heavy (non-hydrogen) atoms. The maximum atomic E-state index is 12.5. The Kier molecular flexibility index (Phi) is 4.08. The third kappa shape index (κ3) is 3.36. The number of carbonyl (C=O) groups excluding carboxylic acids is 1. The van der Waals surface area contributed by atoms with E-state index >= 15 is 0 Å². The van der Waals surface area contributed by atoms with Crippen LogP contribution in [0.25, 0.3) is 12.2 Å². The van der Waals surface area contributed by atoms with Crippen molar-refractivity contribution < 1.29 is 9.53 Å². The first-order chi connectivity index (χ1) is 10.3. The summed E-state index contributed by atoms with van der Waals surface area (Å²) in [5.41, 5.74) is 3.44. The molecule has 0 amide bonds. The van der Waals surface area contributed by atoms with Gasteiger partial charge in [-0.3, -0.25) is 4.79 Å². The van der Waals surface area contributed by atoms with Crippen molar-refractivity contribution in [3.8, 4) is 0 Å². The van der Waals surface area contributed by atoms with Gasteiger partial charge in [-0.15, -0.1) is 0 Å². The van der Waals surface area contributed by atoms with Gasteiger partial charge in [-0.05, 0) is 23.3 Å². The van der Waals surface area contributed by atoms with Gasteiger partial charge in [-0.25, -0.2) is 0 Å². The number of ketones is 1. The minimum absolute atomic E-state index is 0.0777. The van der Waals surface area contributed by atoms with Crippen LogP contribution in [-0.4, -0.2) is 19.0 Å². The Labute approximate surface area is 124 Å². The summed E-state index contributed by atoms with van der Waals surface area (Å²) in [5.74, 6) is 0.0777. The minimum atomic E-state index is 0.0777. The van der Waals surface area contributed by atoms with E-state index in [0.29, 0.717) is 24.4 Å². The summed E-state index contributed by atoms with van der Waals surface area (Å²) in [6, 6.07) is 19.7. The Morgan fingerprint density at radius 1 is 0.714 bits per heavy atom. The van der Waals surface area contributed by atoms with Gasteiger partial charge in [-0.1, -0.05) is 60.7 Å². The summed E-state index contributed by atoms with van der Waals surface area (Å²) in [4.78, 5) is 12.5. The van der Waals surface area contributed by atoms with Crippen molar-refractivity contribution in [1.29, 1.82) is 0 Å². The second-order valence-electron chi connectivity index (χ2n) is 4.98. The fourth-order valence-electron chi connectivity index (χ4n) is 2.32. The second-order valence-corrected chi connectivity index (χ2v) is 4.98. The van der Waals surface area contributed by atoms with Crippen molar-refractivity contribution >= 4 is 17.9 Å². The number of hydrogen-bond acceptors (Lipinski definition) is 2. The number of Topliss-reactive ketones (excluding diaryl/α,β-unsaturated/α-hetero) is 1. The van der Waals surface area contributed by atoms with Crippen LogP contribution in [0.5, 0.6) is 0 Å². The van der Waals surface area contributed by atoms with Crippen LogP contribution in [0.15, 0.2) is 71.8 Å². The lowest BCUT2D eigenvalue weighted by Crippen LogP contribution is -2.21. The molecule has 1 aliphatic heterocycles. The van der Waals surface area contributed by atoms with Crippen LogP contribution in [0.3, 0.4) is 0 Å². The van der Waals surface area contributed by atoms with Crippen molar-refractivity contribution in [1.82, 2.24) is 0 Å². The molecule has 2 aromatic rings. The Bertz CT molecular complexity index is 623. The molecule has 0 bridgehead atoms. The molecule has 1 aliphatic rings. The van der Waals surface area contributed by atoms with E-state index in [2.05, 4.69) is 0 Å². The van der Waals surface area contributed by atoms with E-state index in [-0.39, 0.29) is 5.78 Å². The molecule has 0 N–H and O–H groups in total. The molecule has 0 atom stereocenters. The third-order valence-corrected chi connectivity index (χ3v) is 3.38. The van der Waals surface area contributed by atoms with Gasteiger partial charge >= 0.3 is 0 Å². The normalized spacial score (nSPS) is 19.1. The maximum Gasteiger partial charge on any atom is 0.189 e. The molecule has 2 heteroatoms. The molecule has 0 radical (unpaired) electrons. The quantitative estimate of drug-likeness (QED) is 0.781. The van der Waals surface area contributed by atoms with Crippen molar-refractivity contribution in [3.05, 3.63) is 82.9 Å². The van der Waals surface area contributed by atoms with E-state index in [4.69, 9.17) is 4.74 Å². The van der Waals surface area contributed by atoms with Crippen LogP contribution in [0.4, 0.5) is 0 Å². The highest BCUT2D eigenvalue weighted by molar-refractivity contribution is 6.14. The molecular formula is C19H16O2. The smallest absolute Gasteiger partial charge is 0.189 e. The highest BCUT2D eigenvalue weighted by atomic mass is 16.5. The van der Waals surface area contributed by atoms with Crippen LogP contribution in [0.2, 0.25) is 0 Å². The van der Waals surface area contributed by atoms with E-state index in [1.807, 2.05) is 72.8 Å². The van der Waals surface area contributed by atoms with Gasteiger partial charge in [0.25, 0.3) is 0 Å². The molecule has 1 fully saturated rings. The number of hydrogen-bond donors (Lipinski definition) is 0. The number of benzene rings is 2. The largest absolute Gasteiger partial charge is 0.372 e. The number of rotatable bonds is 2. The summed E-state index contributed by atoms with van der Waals surface area (Å²) in [5, 5.41) is 0. The van der Waals surface area contributed by atoms with Crippen LogP contribution in [-0.2, 0) is 9.53 Å². The van der Waals surface area contributed by atoms with Gasteiger partial charge in [0.05, 0.1) is 13.2 Å². The van der Waals surface area contributed by atoms with E-state index in [1.165, 1.54) is 0 Å². The minimum Gasteiger partial charge on any atom is -0.372 e. The molecule has 0 aromatic heterocycles. The summed E-state index contributed by atoms with van der Waals surface area (Å²) >= 11 is 0. The third-order valence-electron chi connectivity index (χ3n) is 3.38. The predicted octanol–water partition coefficient (Wildman–Crippen LogP) is 3.75. The van der Waals surface area contributed by atoms with Crippen molar-refractivity contribution in [3.63, 3.8) is 0 Å². The van der Waals surface area contributed by atoms with Crippen LogP contribution < -0.4 is 0 Å². The summed E-state index contributed by atoms with van der Waals surface area (Å²) in [6.07, 6.45) is 3.81. The SMILES string of the molecule is O=C1/C(=C/c2ccccc2)COC/C1=C\c1ccccc1. The van der Waals surface area contributed by atoms with Gasteiger partial charge < -0.3 is 4.74 Å². The molecular weight excluding hydrogens is 260 g/mol. The predicted molar refractivity (Wildman–Crippen MR) is 84.7 cm³/mol. The fourth-order valence-corrected chi connectivity index (χ4v) is 2.32. The molecule has 3 rings (SSSR count). The van der Waals surface area contributed by atoms with Gasteiger partial charge in [0.1, 0.15) is 0 Å². The van der Waals surface area contributed by atoms with E-state index in [0.717, 1.165) is 11.1 Å². The van der Waals surface area contributed by atoms with Gasteiger partial charge in [0.2, 0.25) is 0 Å². The summed E-state index contributed by atoms with van der Waals surface area (Å²) < 4.78 is 5.55. The van der Waals surface area contributed by atoms with E-state index < -0.39 is 0 Å². The van der Waals surface area contributed by atoms with Crippen molar-refractivity contribution in [2.45, 2.75) is 0 Å². The lowest BCUT2D eigenvalue weighted by atomic mass is 9.98. The fraction of sp³-hybridized carbons (Fsp3) is 0.105. The summed E-state index contributed by atoms with van der Waals surface area (Å²) in [6.45, 7) is 0.750. The van der Waals surface area contributed by atoms with Gasteiger partial charge in [0.15, 0.2) is 5.78 Å². The lowest BCUT2D eigenvalue weighted by molar-refractivity contribution is -0.114. The Hall–Kier alpha value is -2.45. The zero-order chi connectivity index (χ0) is 14.5. The van der Waals surface area contributed by atoms with Crippen LogP contribution >= 0.6 is 0 Å². The average Bonchev–Trinajstić information content (AvgIpc) is 2.53. The molecule has 104 valence electrons. The molecule has 0 unspecified atom stereocenters. The number of ether oxygens (including phenoxy) is 1. The topological polar surface area (TPSA) is 26.3 Å². The zero-order valence-electron chi connectivity index (χ0n) is 11.7. The monoisotopic (exact) mass is 276 g/mol. The average molecular weight is 276 g/mol. The molecule has 0 saturated carbocycles. The maximum absolute atomic E-state index is 12.5. The molecule has 1 saturated heterocycles. The molecule has 2 nitrogen and oxygen atoms in total. The Balaban J connectivity index is 1.88. The van der Waals surface area contributed by atoms with E-state index in [9.17, 15) is 4.79 Å². The summed E-state index contributed by atoms with van der Waals surface area (Å²) in [7, 11) is 0. The van der Waals surface area contributed by atoms with Crippen LogP contribution in [0, 0.1) is 0 Å². The van der Waals surface area contributed by atoms with Gasteiger partial charge in [0, 0.05) is 11.1 Å². The van der Waals surface area contributed by atoms with Crippen LogP contribution in [0.1, 0.15) is 11.1 Å². The second kappa shape index (κ2) is 6.33. The van der Waals surface area contributed by atoms with Crippen molar-refractivity contribution in [2.75, 3.05) is 13.2 Å². The standard InChI is InChI=1S/C19H16O2/c20-19-17(11-15-7-3-1-4-8-15)13-21-14-18(19)12-16-9-5-2-6-10-16/h1-12H,13-14H2/b17-11+,18-12+. The first-order valence-electron chi connectivity index (χ1n) is 6.96. The number of carbonyl (C=O) groups is 1. The zero-order valence-corrected chi connectivity index (χ0v) is 11.7.